The molecule has 25 heavy (non-hydrogen) atoms. The Labute approximate surface area is 145 Å². The second kappa shape index (κ2) is 7.25. The lowest BCUT2D eigenvalue weighted by Gasteiger charge is -2.08. The quantitative estimate of drug-likeness (QED) is 0.815. The molecule has 0 saturated heterocycles. The molecule has 8 heteroatoms. The Morgan fingerprint density at radius 3 is 2.80 bits per heavy atom. The van der Waals surface area contributed by atoms with Gasteiger partial charge in [-0.15, -0.1) is 0 Å². The summed E-state index contributed by atoms with van der Waals surface area (Å²) in [6.07, 6.45) is 0. The average molecular weight is 344 g/mol. The van der Waals surface area contributed by atoms with Crippen molar-refractivity contribution in [1.29, 1.82) is 0 Å². The first kappa shape index (κ1) is 16.8. The van der Waals surface area contributed by atoms with Crippen LogP contribution in [0.1, 0.15) is 28.7 Å². The van der Waals surface area contributed by atoms with Gasteiger partial charge in [0, 0.05) is 13.1 Å². The molecule has 2 amide bonds. The zero-order valence-electron chi connectivity index (χ0n) is 14.2. The fourth-order valence-electron chi connectivity index (χ4n) is 2.53. The molecular formula is C17H20N4O4. The highest BCUT2D eigenvalue weighted by molar-refractivity contribution is 5.95. The predicted molar refractivity (Wildman–Crippen MR) is 89.4 cm³/mol. The van der Waals surface area contributed by atoms with Crippen LogP contribution in [0.2, 0.25) is 0 Å². The largest absolute Gasteiger partial charge is 0.454 e. The smallest absolute Gasteiger partial charge is 0.269 e. The van der Waals surface area contributed by atoms with Crippen LogP contribution in [0.5, 0.6) is 11.5 Å². The minimum atomic E-state index is -0.319. The monoisotopic (exact) mass is 344 g/mol. The Balaban J connectivity index is 1.48. The van der Waals surface area contributed by atoms with E-state index in [2.05, 4.69) is 15.7 Å². The van der Waals surface area contributed by atoms with Crippen molar-refractivity contribution in [3.8, 4) is 11.5 Å². The van der Waals surface area contributed by atoms with Crippen molar-refractivity contribution >= 4 is 11.8 Å². The molecule has 0 aliphatic carbocycles. The van der Waals surface area contributed by atoms with Gasteiger partial charge in [-0.2, -0.15) is 5.10 Å². The van der Waals surface area contributed by atoms with Gasteiger partial charge in [-0.05, 0) is 37.6 Å². The first-order valence-corrected chi connectivity index (χ1v) is 8.04. The number of hydrogen-bond acceptors (Lipinski definition) is 5. The van der Waals surface area contributed by atoms with Gasteiger partial charge in [0.15, 0.2) is 11.5 Å². The molecule has 0 atom stereocenters. The lowest BCUT2D eigenvalue weighted by Crippen LogP contribution is -2.37. The summed E-state index contributed by atoms with van der Waals surface area (Å²) in [7, 11) is 0. The third-order valence-corrected chi connectivity index (χ3v) is 3.77. The molecule has 2 aromatic rings. The van der Waals surface area contributed by atoms with Gasteiger partial charge < -0.3 is 20.1 Å². The van der Waals surface area contributed by atoms with E-state index in [0.29, 0.717) is 30.3 Å². The average Bonchev–Trinajstić information content (AvgIpc) is 3.23. The number of aromatic nitrogens is 2. The number of nitrogens with one attached hydrogen (secondary N) is 2. The molecule has 2 N–H and O–H groups in total. The van der Waals surface area contributed by atoms with Crippen molar-refractivity contribution in [2.45, 2.75) is 26.9 Å². The summed E-state index contributed by atoms with van der Waals surface area (Å²) in [4.78, 5) is 24.1. The van der Waals surface area contributed by atoms with E-state index in [1.807, 2.05) is 26.0 Å². The van der Waals surface area contributed by atoms with Crippen molar-refractivity contribution < 1.29 is 19.1 Å². The number of ether oxygens (including phenoxy) is 2. The molecule has 0 bridgehead atoms. The van der Waals surface area contributed by atoms with Crippen molar-refractivity contribution in [3.05, 3.63) is 41.2 Å². The highest BCUT2D eigenvalue weighted by Gasteiger charge is 2.15. The van der Waals surface area contributed by atoms with Crippen LogP contribution in [0, 0.1) is 6.92 Å². The van der Waals surface area contributed by atoms with Crippen molar-refractivity contribution in [2.75, 3.05) is 13.3 Å². The summed E-state index contributed by atoms with van der Waals surface area (Å²) < 4.78 is 12.1. The first-order chi connectivity index (χ1) is 12.1. The van der Waals surface area contributed by atoms with Gasteiger partial charge >= 0.3 is 0 Å². The maximum Gasteiger partial charge on any atom is 0.269 e. The van der Waals surface area contributed by atoms with Crippen molar-refractivity contribution in [3.63, 3.8) is 0 Å². The van der Waals surface area contributed by atoms with Crippen LogP contribution in [0.15, 0.2) is 24.3 Å². The van der Waals surface area contributed by atoms with Gasteiger partial charge in [0.1, 0.15) is 5.69 Å². The lowest BCUT2D eigenvalue weighted by atomic mass is 10.2. The molecule has 3 rings (SSSR count). The summed E-state index contributed by atoms with van der Waals surface area (Å²) in [6, 6.07) is 7.18. The van der Waals surface area contributed by atoms with Crippen LogP contribution in [-0.4, -0.2) is 34.9 Å². The van der Waals surface area contributed by atoms with Crippen molar-refractivity contribution in [1.82, 2.24) is 20.4 Å². The molecule has 0 radical (unpaired) electrons. The number of rotatable bonds is 6. The van der Waals surface area contributed by atoms with Gasteiger partial charge in [-0.1, -0.05) is 6.07 Å². The Morgan fingerprint density at radius 2 is 2.00 bits per heavy atom. The van der Waals surface area contributed by atoms with Gasteiger partial charge in [0.2, 0.25) is 12.7 Å². The molecule has 0 unspecified atom stereocenters. The van der Waals surface area contributed by atoms with Crippen LogP contribution >= 0.6 is 0 Å². The van der Waals surface area contributed by atoms with Crippen LogP contribution in [0.3, 0.4) is 0 Å². The molecule has 8 nitrogen and oxygen atoms in total. The molecule has 1 aromatic heterocycles. The number of aryl methyl sites for hydroxylation is 2. The second-order valence-corrected chi connectivity index (χ2v) is 5.63. The van der Waals surface area contributed by atoms with E-state index in [9.17, 15) is 9.59 Å². The molecular weight excluding hydrogens is 324 g/mol. The molecule has 1 aliphatic rings. The fraction of sp³-hybridized carbons (Fsp3) is 0.353. The summed E-state index contributed by atoms with van der Waals surface area (Å²) in [5.74, 6) is 0.777. The Hall–Kier alpha value is -3.03. The number of benzene rings is 1. The summed E-state index contributed by atoms with van der Waals surface area (Å²) in [6.45, 7) is 4.77. The summed E-state index contributed by atoms with van der Waals surface area (Å²) in [5, 5.41) is 9.58. The van der Waals surface area contributed by atoms with Gasteiger partial charge in [-0.25, -0.2) is 0 Å². The third kappa shape index (κ3) is 3.90. The molecule has 1 aromatic carbocycles. The fourth-order valence-corrected chi connectivity index (χ4v) is 2.53. The van der Waals surface area contributed by atoms with E-state index in [4.69, 9.17) is 9.47 Å². The molecule has 0 spiro atoms. The van der Waals surface area contributed by atoms with Crippen LogP contribution in [0.4, 0.5) is 0 Å². The molecule has 2 heterocycles. The number of nitrogens with zero attached hydrogens (tertiary/aromatic N) is 2. The SMILES string of the molecule is CCn1nc(C)cc1C(=O)NCC(=O)NCc1ccc2c(c1)OCO2. The third-order valence-electron chi connectivity index (χ3n) is 3.77. The van der Waals surface area contributed by atoms with Crippen LogP contribution in [0.25, 0.3) is 0 Å². The number of hydrogen-bond donors (Lipinski definition) is 2. The number of carbonyl (C=O) groups is 2. The van der Waals surface area contributed by atoms with E-state index in [1.165, 1.54) is 0 Å². The summed E-state index contributed by atoms with van der Waals surface area (Å²) in [5.41, 5.74) is 2.10. The maximum absolute atomic E-state index is 12.2. The van der Waals surface area contributed by atoms with Crippen LogP contribution < -0.4 is 20.1 Å². The number of amides is 2. The Bertz CT molecular complexity index is 800. The van der Waals surface area contributed by atoms with Gasteiger partial charge in [-0.3, -0.25) is 14.3 Å². The predicted octanol–water partition coefficient (Wildman–Crippen LogP) is 0.986. The lowest BCUT2D eigenvalue weighted by molar-refractivity contribution is -0.120. The minimum absolute atomic E-state index is 0.0999. The molecule has 0 fully saturated rings. The number of fused-ring (bicyclic) bond motifs is 1. The Kier molecular flexibility index (Phi) is 4.87. The zero-order chi connectivity index (χ0) is 17.8. The molecule has 132 valence electrons. The van der Waals surface area contributed by atoms with E-state index in [-0.39, 0.29) is 25.2 Å². The highest BCUT2D eigenvalue weighted by atomic mass is 16.7. The molecule has 0 saturated carbocycles. The van der Waals surface area contributed by atoms with E-state index in [1.54, 1.807) is 16.8 Å². The second-order valence-electron chi connectivity index (χ2n) is 5.63. The first-order valence-electron chi connectivity index (χ1n) is 8.04. The maximum atomic E-state index is 12.2. The van der Waals surface area contributed by atoms with Crippen LogP contribution in [-0.2, 0) is 17.9 Å². The normalized spacial score (nSPS) is 12.1. The number of carbonyl (C=O) groups excluding carboxylic acids is 2. The standard InChI is InChI=1S/C17H20N4O4/c1-3-21-13(6-11(2)20-21)17(23)19-9-16(22)18-8-12-4-5-14-15(7-12)25-10-24-14/h4-7H,3,8-10H2,1-2H3,(H,18,22)(H,19,23). The summed E-state index contributed by atoms with van der Waals surface area (Å²) >= 11 is 0. The van der Waals surface area contributed by atoms with E-state index in [0.717, 1.165) is 11.3 Å². The Morgan fingerprint density at radius 1 is 1.20 bits per heavy atom. The van der Waals surface area contributed by atoms with Gasteiger partial charge in [0.05, 0.1) is 12.2 Å². The zero-order valence-corrected chi connectivity index (χ0v) is 14.2. The van der Waals surface area contributed by atoms with Crippen molar-refractivity contribution in [2.24, 2.45) is 0 Å². The van der Waals surface area contributed by atoms with E-state index >= 15 is 0 Å². The highest BCUT2D eigenvalue weighted by Crippen LogP contribution is 2.32. The van der Waals surface area contributed by atoms with Gasteiger partial charge in [0.25, 0.3) is 5.91 Å². The van der Waals surface area contributed by atoms with E-state index < -0.39 is 0 Å². The minimum Gasteiger partial charge on any atom is -0.454 e. The topological polar surface area (TPSA) is 94.5 Å². The molecule has 1 aliphatic heterocycles.